The molecule has 0 saturated heterocycles. The Morgan fingerprint density at radius 1 is 1.15 bits per heavy atom. The average Bonchev–Trinajstić information content (AvgIpc) is 2.36. The number of rotatable bonds is 3. The number of halogens is 3. The Balaban J connectivity index is 2.29. The summed E-state index contributed by atoms with van der Waals surface area (Å²) in [6.07, 6.45) is -3.31. The minimum atomic E-state index is -4.78. The number of hydrogen-bond acceptors (Lipinski definition) is 3. The van der Waals surface area contributed by atoms with Crippen molar-refractivity contribution in [2.75, 3.05) is 0 Å². The highest BCUT2D eigenvalue weighted by Gasteiger charge is 2.31. The van der Waals surface area contributed by atoms with Crippen LogP contribution in [-0.2, 0) is 0 Å². The highest BCUT2D eigenvalue weighted by atomic mass is 19.4. The Morgan fingerprint density at radius 3 is 2.50 bits per heavy atom. The molecule has 0 spiro atoms. The molecule has 0 fully saturated rings. The lowest BCUT2D eigenvalue weighted by Gasteiger charge is -2.09. The first-order valence-electron chi connectivity index (χ1n) is 5.68. The molecule has 0 radical (unpaired) electrons. The number of ketones is 1. The number of carbonyl (C=O) groups excluding carboxylic acids is 1. The molecule has 20 heavy (non-hydrogen) atoms. The lowest BCUT2D eigenvalue weighted by atomic mass is 10.0. The van der Waals surface area contributed by atoms with Crippen molar-refractivity contribution >= 4 is 5.78 Å². The summed E-state index contributed by atoms with van der Waals surface area (Å²) in [6, 6.07) is 8.05. The molecule has 1 heterocycles. The van der Waals surface area contributed by atoms with E-state index < -0.39 is 12.1 Å². The first kappa shape index (κ1) is 14.0. The molecule has 2 aromatic rings. The van der Waals surface area contributed by atoms with Crippen molar-refractivity contribution < 1.29 is 22.7 Å². The van der Waals surface area contributed by atoms with Gasteiger partial charge in [-0.05, 0) is 31.2 Å². The molecule has 2 rings (SSSR count). The Labute approximate surface area is 113 Å². The molecule has 6 heteroatoms. The summed E-state index contributed by atoms with van der Waals surface area (Å²) in [5.74, 6) is -0.808. The van der Waals surface area contributed by atoms with Gasteiger partial charge in [-0.15, -0.1) is 13.2 Å². The number of hydrogen-bond donors (Lipinski definition) is 0. The molecule has 0 aliphatic carbocycles. The standard InChI is InChI=1S/C14H10F3NO2/c1-9-7-11(5-6-18-9)13(19)10-3-2-4-12(8-10)20-14(15,16)17/h2-8H,1H3. The monoisotopic (exact) mass is 281 g/mol. The zero-order valence-electron chi connectivity index (χ0n) is 10.4. The molecule has 0 unspecified atom stereocenters. The number of aromatic nitrogens is 1. The quantitative estimate of drug-likeness (QED) is 0.808. The number of benzene rings is 1. The second kappa shape index (κ2) is 5.32. The van der Waals surface area contributed by atoms with Crippen molar-refractivity contribution in [2.45, 2.75) is 13.3 Å². The normalized spacial score (nSPS) is 11.2. The fourth-order valence-corrected chi connectivity index (χ4v) is 1.69. The fourth-order valence-electron chi connectivity index (χ4n) is 1.69. The molecule has 1 aromatic carbocycles. The van der Waals surface area contributed by atoms with E-state index in [4.69, 9.17) is 0 Å². The molecular weight excluding hydrogens is 271 g/mol. The van der Waals surface area contributed by atoms with E-state index in [1.54, 1.807) is 13.0 Å². The van der Waals surface area contributed by atoms with Crippen molar-refractivity contribution in [3.05, 3.63) is 59.4 Å². The minimum absolute atomic E-state index is 0.123. The third-order valence-electron chi connectivity index (χ3n) is 2.49. The highest BCUT2D eigenvalue weighted by Crippen LogP contribution is 2.24. The van der Waals surface area contributed by atoms with Gasteiger partial charge in [-0.1, -0.05) is 12.1 Å². The smallest absolute Gasteiger partial charge is 0.406 e. The molecule has 0 amide bonds. The molecule has 0 N–H and O–H groups in total. The van der Waals surface area contributed by atoms with Gasteiger partial charge in [0.1, 0.15) is 5.75 Å². The van der Waals surface area contributed by atoms with Gasteiger partial charge in [0.15, 0.2) is 5.78 Å². The van der Waals surface area contributed by atoms with Crippen LogP contribution in [0.15, 0.2) is 42.6 Å². The van der Waals surface area contributed by atoms with Crippen LogP contribution in [-0.4, -0.2) is 17.1 Å². The molecule has 0 bridgehead atoms. The van der Waals surface area contributed by atoms with Gasteiger partial charge >= 0.3 is 6.36 Å². The third kappa shape index (κ3) is 3.57. The predicted octanol–water partition coefficient (Wildman–Crippen LogP) is 3.52. The first-order valence-corrected chi connectivity index (χ1v) is 5.68. The summed E-state index contributed by atoms with van der Waals surface area (Å²) < 4.78 is 40.2. The fraction of sp³-hybridized carbons (Fsp3) is 0.143. The van der Waals surface area contributed by atoms with Crippen molar-refractivity contribution in [1.29, 1.82) is 0 Å². The minimum Gasteiger partial charge on any atom is -0.406 e. The molecule has 0 saturated carbocycles. The van der Waals surface area contributed by atoms with Crippen LogP contribution in [0.1, 0.15) is 21.6 Å². The third-order valence-corrected chi connectivity index (χ3v) is 2.49. The predicted molar refractivity (Wildman–Crippen MR) is 65.5 cm³/mol. The van der Waals surface area contributed by atoms with Gasteiger partial charge in [0.2, 0.25) is 0 Å². The molecule has 0 atom stereocenters. The van der Waals surface area contributed by atoms with Crippen LogP contribution in [0.5, 0.6) is 5.75 Å². The van der Waals surface area contributed by atoms with Gasteiger partial charge in [0.05, 0.1) is 0 Å². The topological polar surface area (TPSA) is 39.2 Å². The highest BCUT2D eigenvalue weighted by molar-refractivity contribution is 6.09. The molecule has 0 aliphatic heterocycles. The zero-order valence-corrected chi connectivity index (χ0v) is 10.4. The summed E-state index contributed by atoms with van der Waals surface area (Å²) in [6.45, 7) is 1.72. The van der Waals surface area contributed by atoms with Crippen molar-refractivity contribution in [2.24, 2.45) is 0 Å². The van der Waals surface area contributed by atoms with Crippen LogP contribution >= 0.6 is 0 Å². The number of ether oxygens (including phenoxy) is 1. The van der Waals surface area contributed by atoms with Crippen molar-refractivity contribution in [3.63, 3.8) is 0 Å². The van der Waals surface area contributed by atoms with E-state index in [2.05, 4.69) is 9.72 Å². The number of alkyl halides is 3. The maximum Gasteiger partial charge on any atom is 0.573 e. The Hall–Kier alpha value is -2.37. The van der Waals surface area contributed by atoms with Gasteiger partial charge in [-0.3, -0.25) is 9.78 Å². The van der Waals surface area contributed by atoms with Crippen LogP contribution < -0.4 is 4.74 Å². The van der Waals surface area contributed by atoms with E-state index in [0.29, 0.717) is 11.3 Å². The van der Waals surface area contributed by atoms with Crippen LogP contribution in [0.4, 0.5) is 13.2 Å². The zero-order chi connectivity index (χ0) is 14.8. The van der Waals surface area contributed by atoms with Crippen LogP contribution in [0.25, 0.3) is 0 Å². The lowest BCUT2D eigenvalue weighted by Crippen LogP contribution is -2.17. The van der Waals surface area contributed by atoms with Gasteiger partial charge in [-0.25, -0.2) is 0 Å². The molecule has 3 nitrogen and oxygen atoms in total. The van der Waals surface area contributed by atoms with Crippen LogP contribution in [0.2, 0.25) is 0 Å². The van der Waals surface area contributed by atoms with E-state index in [1.165, 1.54) is 24.4 Å². The maximum absolute atomic E-state index is 12.2. The Bertz CT molecular complexity index is 638. The van der Waals surface area contributed by atoms with E-state index in [1.807, 2.05) is 0 Å². The summed E-state index contributed by atoms with van der Waals surface area (Å²) >= 11 is 0. The number of carbonyl (C=O) groups is 1. The Morgan fingerprint density at radius 2 is 1.85 bits per heavy atom. The SMILES string of the molecule is Cc1cc(C(=O)c2cccc(OC(F)(F)F)c2)ccn1. The second-order valence-corrected chi connectivity index (χ2v) is 4.09. The van der Waals surface area contributed by atoms with E-state index in [9.17, 15) is 18.0 Å². The van der Waals surface area contributed by atoms with E-state index in [0.717, 1.165) is 12.1 Å². The van der Waals surface area contributed by atoms with E-state index in [-0.39, 0.29) is 11.3 Å². The molecular formula is C14H10F3NO2. The largest absolute Gasteiger partial charge is 0.573 e. The van der Waals surface area contributed by atoms with Gasteiger partial charge < -0.3 is 4.74 Å². The number of pyridine rings is 1. The second-order valence-electron chi connectivity index (χ2n) is 4.09. The maximum atomic E-state index is 12.2. The lowest BCUT2D eigenvalue weighted by molar-refractivity contribution is -0.274. The summed E-state index contributed by atoms with van der Waals surface area (Å²) in [4.78, 5) is 16.1. The van der Waals surface area contributed by atoms with Gasteiger partial charge in [0, 0.05) is 23.0 Å². The van der Waals surface area contributed by atoms with E-state index >= 15 is 0 Å². The van der Waals surface area contributed by atoms with Crippen LogP contribution in [0.3, 0.4) is 0 Å². The summed E-state index contributed by atoms with van der Waals surface area (Å²) in [5.41, 5.74) is 1.14. The average molecular weight is 281 g/mol. The van der Waals surface area contributed by atoms with Gasteiger partial charge in [-0.2, -0.15) is 0 Å². The Kier molecular flexibility index (Phi) is 3.74. The number of aryl methyl sites for hydroxylation is 1. The van der Waals surface area contributed by atoms with Crippen molar-refractivity contribution in [3.8, 4) is 5.75 Å². The van der Waals surface area contributed by atoms with Crippen molar-refractivity contribution in [1.82, 2.24) is 4.98 Å². The number of nitrogens with zero attached hydrogens (tertiary/aromatic N) is 1. The van der Waals surface area contributed by atoms with Crippen LogP contribution in [0, 0.1) is 6.92 Å². The summed E-state index contributed by atoms with van der Waals surface area (Å²) in [5, 5.41) is 0. The summed E-state index contributed by atoms with van der Waals surface area (Å²) in [7, 11) is 0. The molecule has 104 valence electrons. The molecule has 1 aromatic heterocycles. The first-order chi connectivity index (χ1) is 9.35. The molecule has 0 aliphatic rings. The van der Waals surface area contributed by atoms with Gasteiger partial charge in [0.25, 0.3) is 0 Å².